The summed E-state index contributed by atoms with van der Waals surface area (Å²) in [6.45, 7) is 3.57. The summed E-state index contributed by atoms with van der Waals surface area (Å²) in [4.78, 5) is 13.4. The predicted molar refractivity (Wildman–Crippen MR) is 57.4 cm³/mol. The lowest BCUT2D eigenvalue weighted by Crippen LogP contribution is -2.33. The van der Waals surface area contributed by atoms with Crippen molar-refractivity contribution in [3.05, 3.63) is 12.3 Å². The van der Waals surface area contributed by atoms with Gasteiger partial charge in [0.05, 0.1) is 19.4 Å². The number of nitrogens with zero attached hydrogens (tertiary/aromatic N) is 1. The zero-order chi connectivity index (χ0) is 10.9. The second-order valence-electron chi connectivity index (χ2n) is 3.61. The fraction of sp³-hybridized carbons (Fsp3) is 0.727. The highest BCUT2D eigenvalue weighted by molar-refractivity contribution is 5.81. The highest BCUT2D eigenvalue weighted by atomic mass is 16.5. The van der Waals surface area contributed by atoms with E-state index in [0.29, 0.717) is 6.61 Å². The molecule has 0 spiro atoms. The van der Waals surface area contributed by atoms with Crippen LogP contribution in [-0.2, 0) is 14.3 Å². The number of methoxy groups -OCH3 is 1. The van der Waals surface area contributed by atoms with Gasteiger partial charge >= 0.3 is 5.97 Å². The lowest BCUT2D eigenvalue weighted by Gasteiger charge is -2.25. The second-order valence-corrected chi connectivity index (χ2v) is 3.61. The summed E-state index contributed by atoms with van der Waals surface area (Å²) in [6, 6.07) is 0. The molecule has 1 aliphatic heterocycles. The van der Waals surface area contributed by atoms with Crippen molar-refractivity contribution in [3.8, 4) is 0 Å². The molecule has 4 heteroatoms. The van der Waals surface area contributed by atoms with Gasteiger partial charge in [-0.15, -0.1) is 0 Å². The van der Waals surface area contributed by atoms with Gasteiger partial charge in [-0.25, -0.2) is 4.79 Å². The number of rotatable bonds is 5. The van der Waals surface area contributed by atoms with Crippen LogP contribution < -0.4 is 0 Å². The van der Waals surface area contributed by atoms with Crippen LogP contribution >= 0.6 is 0 Å². The Kier molecular flexibility index (Phi) is 5.85. The first-order valence-electron chi connectivity index (χ1n) is 5.41. The molecule has 0 saturated carbocycles. The first kappa shape index (κ1) is 12.0. The van der Waals surface area contributed by atoms with Crippen molar-refractivity contribution in [2.24, 2.45) is 0 Å². The first-order chi connectivity index (χ1) is 7.33. The Morgan fingerprint density at radius 1 is 1.33 bits per heavy atom. The minimum absolute atomic E-state index is 0.339. The van der Waals surface area contributed by atoms with Crippen LogP contribution in [0.5, 0.6) is 0 Å². The highest BCUT2D eigenvalue weighted by Gasteiger charge is 2.09. The van der Waals surface area contributed by atoms with E-state index in [0.717, 1.165) is 19.6 Å². The van der Waals surface area contributed by atoms with E-state index in [2.05, 4.69) is 9.64 Å². The third-order valence-electron chi connectivity index (χ3n) is 2.44. The summed E-state index contributed by atoms with van der Waals surface area (Å²) in [5, 5.41) is 0. The number of carbonyl (C=O) groups excluding carboxylic acids is 1. The zero-order valence-corrected chi connectivity index (χ0v) is 9.28. The Balaban J connectivity index is 2.04. The largest absolute Gasteiger partial charge is 0.504 e. The number of esters is 1. The molecule has 1 aliphatic rings. The third kappa shape index (κ3) is 5.42. The van der Waals surface area contributed by atoms with Gasteiger partial charge in [-0.05, 0) is 25.9 Å². The molecule has 0 radical (unpaired) electrons. The van der Waals surface area contributed by atoms with Crippen LogP contribution in [0.1, 0.15) is 19.3 Å². The van der Waals surface area contributed by atoms with Crippen molar-refractivity contribution in [2.75, 3.05) is 33.4 Å². The third-order valence-corrected chi connectivity index (χ3v) is 2.44. The Hall–Kier alpha value is -1.03. The van der Waals surface area contributed by atoms with Gasteiger partial charge in [-0.3, -0.25) is 4.90 Å². The maximum atomic E-state index is 11.0. The topological polar surface area (TPSA) is 38.8 Å². The quantitative estimate of drug-likeness (QED) is 0.390. The second kappa shape index (κ2) is 7.29. The summed E-state index contributed by atoms with van der Waals surface area (Å²) in [7, 11) is 1.50. The monoisotopic (exact) mass is 213 g/mol. The Labute approximate surface area is 90.8 Å². The molecule has 0 aromatic rings. The van der Waals surface area contributed by atoms with Crippen LogP contribution in [0.4, 0.5) is 0 Å². The van der Waals surface area contributed by atoms with Gasteiger partial charge < -0.3 is 9.47 Å². The molecule has 0 unspecified atom stereocenters. The molecule has 0 bridgehead atoms. The van der Waals surface area contributed by atoms with Gasteiger partial charge in [0, 0.05) is 6.54 Å². The molecule has 1 fully saturated rings. The summed E-state index contributed by atoms with van der Waals surface area (Å²) in [5.74, 6) is -0.339. The van der Waals surface area contributed by atoms with Crippen molar-refractivity contribution >= 4 is 5.97 Å². The lowest BCUT2D eigenvalue weighted by molar-refractivity contribution is -0.138. The van der Waals surface area contributed by atoms with E-state index in [1.165, 1.54) is 38.7 Å². The molecule has 0 amide bonds. The van der Waals surface area contributed by atoms with E-state index in [1.54, 1.807) is 0 Å². The van der Waals surface area contributed by atoms with Gasteiger partial charge in [0.1, 0.15) is 6.61 Å². The Morgan fingerprint density at radius 2 is 2.07 bits per heavy atom. The first-order valence-corrected chi connectivity index (χ1v) is 5.41. The molecular weight excluding hydrogens is 194 g/mol. The molecule has 1 saturated heterocycles. The average Bonchev–Trinajstić information content (AvgIpc) is 2.28. The minimum atomic E-state index is -0.339. The summed E-state index contributed by atoms with van der Waals surface area (Å²) < 4.78 is 9.62. The van der Waals surface area contributed by atoms with Crippen LogP contribution in [0.25, 0.3) is 0 Å². The molecule has 0 N–H and O–H groups in total. The van der Waals surface area contributed by atoms with Crippen molar-refractivity contribution in [2.45, 2.75) is 19.3 Å². The molecule has 1 heterocycles. The standard InChI is InChI=1S/C11H19NO3/c1-14-9-5-11(13)15-10-8-12-6-3-2-4-7-12/h5,9H,2-4,6-8,10H2,1H3/b9-5-. The van der Waals surface area contributed by atoms with E-state index < -0.39 is 0 Å². The molecule has 0 aromatic heterocycles. The maximum absolute atomic E-state index is 11.0. The van der Waals surface area contributed by atoms with Crippen LogP contribution in [0.3, 0.4) is 0 Å². The van der Waals surface area contributed by atoms with E-state index in [4.69, 9.17) is 4.74 Å². The maximum Gasteiger partial charge on any atom is 0.333 e. The number of hydrogen-bond donors (Lipinski definition) is 0. The molecule has 0 aliphatic carbocycles. The van der Waals surface area contributed by atoms with Crippen molar-refractivity contribution in [1.82, 2.24) is 4.90 Å². The Bertz CT molecular complexity index is 210. The van der Waals surface area contributed by atoms with E-state index >= 15 is 0 Å². The fourth-order valence-corrected chi connectivity index (χ4v) is 1.63. The smallest absolute Gasteiger partial charge is 0.333 e. The molecule has 1 rings (SSSR count). The van der Waals surface area contributed by atoms with Crippen molar-refractivity contribution in [1.29, 1.82) is 0 Å². The summed E-state index contributed by atoms with van der Waals surface area (Å²) in [6.07, 6.45) is 6.46. The SMILES string of the molecule is CO/C=C\C(=O)OCCN1CCCCC1. The molecule has 15 heavy (non-hydrogen) atoms. The molecule has 86 valence electrons. The number of likely N-dealkylation sites (tertiary alicyclic amines) is 1. The normalized spacial score (nSPS) is 17.9. The highest BCUT2D eigenvalue weighted by Crippen LogP contribution is 2.07. The summed E-state index contributed by atoms with van der Waals surface area (Å²) in [5.41, 5.74) is 0. The molecule has 0 aromatic carbocycles. The number of piperidine rings is 1. The van der Waals surface area contributed by atoms with Crippen molar-refractivity contribution < 1.29 is 14.3 Å². The molecular formula is C11H19NO3. The number of carbonyl (C=O) groups is 1. The fourth-order valence-electron chi connectivity index (χ4n) is 1.63. The van der Waals surface area contributed by atoms with Crippen LogP contribution in [-0.4, -0.2) is 44.2 Å². The van der Waals surface area contributed by atoms with Crippen LogP contribution in [0.2, 0.25) is 0 Å². The molecule has 0 atom stereocenters. The van der Waals surface area contributed by atoms with Gasteiger partial charge in [0.2, 0.25) is 0 Å². The van der Waals surface area contributed by atoms with E-state index in [9.17, 15) is 4.79 Å². The van der Waals surface area contributed by atoms with Crippen molar-refractivity contribution in [3.63, 3.8) is 0 Å². The minimum Gasteiger partial charge on any atom is -0.504 e. The van der Waals surface area contributed by atoms with Gasteiger partial charge in [0.25, 0.3) is 0 Å². The Morgan fingerprint density at radius 3 is 2.73 bits per heavy atom. The van der Waals surface area contributed by atoms with E-state index in [-0.39, 0.29) is 5.97 Å². The van der Waals surface area contributed by atoms with E-state index in [1.807, 2.05) is 0 Å². The number of ether oxygens (including phenoxy) is 2. The summed E-state index contributed by atoms with van der Waals surface area (Å²) >= 11 is 0. The van der Waals surface area contributed by atoms with Gasteiger partial charge in [0.15, 0.2) is 0 Å². The average molecular weight is 213 g/mol. The van der Waals surface area contributed by atoms with Gasteiger partial charge in [-0.2, -0.15) is 0 Å². The van der Waals surface area contributed by atoms with Gasteiger partial charge in [-0.1, -0.05) is 6.42 Å². The predicted octanol–water partition coefficient (Wildman–Crippen LogP) is 1.18. The lowest BCUT2D eigenvalue weighted by atomic mass is 10.1. The zero-order valence-electron chi connectivity index (χ0n) is 9.28. The van der Waals surface area contributed by atoms with Crippen LogP contribution in [0.15, 0.2) is 12.3 Å². The number of hydrogen-bond acceptors (Lipinski definition) is 4. The van der Waals surface area contributed by atoms with Crippen LogP contribution in [0, 0.1) is 0 Å². The molecule has 4 nitrogen and oxygen atoms in total.